The lowest BCUT2D eigenvalue weighted by Crippen LogP contribution is -2.62. The summed E-state index contributed by atoms with van der Waals surface area (Å²) >= 11 is 0. The summed E-state index contributed by atoms with van der Waals surface area (Å²) < 4.78 is 7.11. The highest BCUT2D eigenvalue weighted by atomic mass is 16.5. The van der Waals surface area contributed by atoms with E-state index in [1.54, 1.807) is 0 Å². The van der Waals surface area contributed by atoms with E-state index in [4.69, 9.17) is 4.74 Å². The predicted octanol–water partition coefficient (Wildman–Crippen LogP) is 18.9. The summed E-state index contributed by atoms with van der Waals surface area (Å²) in [5.74, 6) is 1.83. The fourth-order valence-electron chi connectivity index (χ4n) is 14.9. The molecule has 10 aromatic rings. The lowest BCUT2D eigenvalue weighted by molar-refractivity contribution is 0.332. The van der Waals surface area contributed by atoms with E-state index in [9.17, 15) is 0 Å². The summed E-state index contributed by atoms with van der Waals surface area (Å²) in [5, 5.41) is 0. The monoisotopic (exact) mass is 1040 g/mol. The molecule has 10 aromatic carbocycles. The first kappa shape index (κ1) is 48.6. The molecule has 0 fully saturated rings. The summed E-state index contributed by atoms with van der Waals surface area (Å²) in [7, 11) is 0. The van der Waals surface area contributed by atoms with Gasteiger partial charge >= 0.3 is 6.85 Å². The predicted molar refractivity (Wildman–Crippen MR) is 337 cm³/mol. The number of benzene rings is 10. The Kier molecular flexibility index (Phi) is 10.5. The molecule has 0 saturated heterocycles. The highest BCUT2D eigenvalue weighted by Gasteiger charge is 2.52. The normalized spacial score (nSPS) is 16.6. The molecule has 15 rings (SSSR count). The molecule has 0 saturated carbocycles. The second kappa shape index (κ2) is 17.2. The molecular weight excluding hydrogens is 970 g/mol. The standard InChI is InChI=1S/C75H66BN3O/c1-47-41-60-61(73(4,5)40-39-72(60,2)3)45-64(47)78-66-42-53(77(50-25-15-11-16-26-50)51-27-17-12-18-28-51)37-38-63(66)76-70-57(43-56-54-29-19-20-30-58(54)75(8,9)69(56)71(70)78)55-44-68-62(74(6,7)59-31-21-22-32-67(59)80-68)46-65(55)79(76)52-35-33-49(34-36-52)48-23-13-10-14-24-48/h10-38,41-46H,39-40H2,1-9H3. The molecule has 80 heavy (non-hydrogen) atoms. The van der Waals surface area contributed by atoms with Gasteiger partial charge in [0.05, 0.1) is 0 Å². The van der Waals surface area contributed by atoms with Gasteiger partial charge in [0.2, 0.25) is 0 Å². The Hall–Kier alpha value is -8.54. The van der Waals surface area contributed by atoms with Crippen LogP contribution in [-0.2, 0) is 21.7 Å². The van der Waals surface area contributed by atoms with Gasteiger partial charge in [0.25, 0.3) is 0 Å². The Morgan fingerprint density at radius 2 is 1.01 bits per heavy atom. The first-order valence-electron chi connectivity index (χ1n) is 28.8. The number of anilines is 8. The Morgan fingerprint density at radius 3 is 1.70 bits per heavy atom. The van der Waals surface area contributed by atoms with Gasteiger partial charge in [-0.1, -0.05) is 189 Å². The molecule has 0 aromatic heterocycles. The highest BCUT2D eigenvalue weighted by Crippen LogP contribution is 2.61. The van der Waals surface area contributed by atoms with Crippen molar-refractivity contribution in [1.29, 1.82) is 0 Å². The van der Waals surface area contributed by atoms with Crippen molar-refractivity contribution >= 4 is 63.3 Å². The molecule has 5 heteroatoms. The van der Waals surface area contributed by atoms with E-state index in [0.717, 1.165) is 47.1 Å². The van der Waals surface area contributed by atoms with Gasteiger partial charge in [-0.15, -0.1) is 0 Å². The molecule has 0 unspecified atom stereocenters. The topological polar surface area (TPSA) is 19.0 Å². The lowest BCUT2D eigenvalue weighted by Gasteiger charge is -2.49. The Bertz CT molecular complexity index is 4140. The van der Waals surface area contributed by atoms with Crippen molar-refractivity contribution in [3.63, 3.8) is 0 Å². The van der Waals surface area contributed by atoms with Crippen molar-refractivity contribution in [2.75, 3.05) is 14.6 Å². The van der Waals surface area contributed by atoms with Crippen LogP contribution in [-0.4, -0.2) is 6.85 Å². The van der Waals surface area contributed by atoms with Crippen LogP contribution in [0.25, 0.3) is 33.4 Å². The molecule has 0 amide bonds. The van der Waals surface area contributed by atoms with Crippen LogP contribution in [0, 0.1) is 6.92 Å². The van der Waals surface area contributed by atoms with Crippen LogP contribution in [0.3, 0.4) is 0 Å². The molecular formula is C75H66BN3O. The fourth-order valence-corrected chi connectivity index (χ4v) is 14.9. The zero-order chi connectivity index (χ0) is 54.6. The second-order valence-corrected chi connectivity index (χ2v) is 25.6. The Morgan fingerprint density at radius 1 is 0.425 bits per heavy atom. The number of para-hydroxylation sites is 3. The average molecular weight is 1040 g/mol. The third kappa shape index (κ3) is 7.01. The molecule has 3 heterocycles. The molecule has 0 bridgehead atoms. The van der Waals surface area contributed by atoms with Crippen LogP contribution in [0.15, 0.2) is 212 Å². The van der Waals surface area contributed by atoms with Crippen LogP contribution in [0.2, 0.25) is 0 Å². The molecule has 0 N–H and O–H groups in total. The van der Waals surface area contributed by atoms with Gasteiger partial charge in [-0.05, 0) is 176 Å². The number of rotatable bonds is 6. The maximum absolute atomic E-state index is 7.11. The van der Waals surface area contributed by atoms with Crippen LogP contribution >= 0.6 is 0 Å². The highest BCUT2D eigenvalue weighted by molar-refractivity contribution is 6.93. The zero-order valence-corrected chi connectivity index (χ0v) is 47.4. The average Bonchev–Trinajstić information content (AvgIpc) is 3.91. The second-order valence-electron chi connectivity index (χ2n) is 25.6. The lowest BCUT2D eigenvalue weighted by atomic mass is 9.42. The third-order valence-corrected chi connectivity index (χ3v) is 19.2. The molecule has 0 atom stereocenters. The summed E-state index contributed by atoms with van der Waals surface area (Å²) in [6.45, 7) is 21.7. The van der Waals surface area contributed by atoms with E-state index in [1.807, 2.05) is 0 Å². The zero-order valence-electron chi connectivity index (χ0n) is 47.4. The first-order valence-corrected chi connectivity index (χ1v) is 28.8. The molecule has 4 nitrogen and oxygen atoms in total. The Labute approximate surface area is 473 Å². The van der Waals surface area contributed by atoms with E-state index >= 15 is 0 Å². The van der Waals surface area contributed by atoms with Crippen molar-refractivity contribution in [3.05, 3.63) is 251 Å². The number of fused-ring (bicyclic) bond motifs is 11. The van der Waals surface area contributed by atoms with Crippen LogP contribution in [0.5, 0.6) is 11.5 Å². The van der Waals surface area contributed by atoms with Gasteiger partial charge in [0, 0.05) is 73.0 Å². The van der Waals surface area contributed by atoms with E-state index in [-0.39, 0.29) is 28.5 Å². The van der Waals surface area contributed by atoms with Crippen LogP contribution in [0.1, 0.15) is 107 Å². The van der Waals surface area contributed by atoms with Crippen LogP contribution < -0.4 is 30.3 Å². The van der Waals surface area contributed by atoms with E-state index in [2.05, 4.69) is 289 Å². The van der Waals surface area contributed by atoms with Gasteiger partial charge < -0.3 is 19.3 Å². The SMILES string of the molecule is Cc1cc2c(cc1N1c3cc(N(c4ccccc4)c4ccccc4)ccc3B3c4c(cc5c(c41)C(C)(C)c1ccccc1-5)-c1cc4c(cc1N3c1ccc(-c3ccccc3)cc1)C(C)(C)c1ccccc1O4)C(C)(C)CCC2(C)C. The van der Waals surface area contributed by atoms with Gasteiger partial charge in [-0.3, -0.25) is 0 Å². The quantitative estimate of drug-likeness (QED) is 0.155. The number of hydrogen-bond donors (Lipinski definition) is 0. The molecule has 2 aliphatic carbocycles. The summed E-state index contributed by atoms with van der Waals surface area (Å²) in [6, 6.07) is 79.8. The van der Waals surface area contributed by atoms with E-state index in [1.165, 1.54) is 106 Å². The summed E-state index contributed by atoms with van der Waals surface area (Å²) in [4.78, 5) is 7.88. The number of ether oxygens (including phenoxy) is 1. The summed E-state index contributed by atoms with van der Waals surface area (Å²) in [6.07, 6.45) is 2.28. The van der Waals surface area contributed by atoms with Crippen molar-refractivity contribution in [3.8, 4) is 44.9 Å². The number of nitrogens with zero attached hydrogens (tertiary/aromatic N) is 3. The number of aryl methyl sites for hydroxylation is 1. The van der Waals surface area contributed by atoms with E-state index in [0.29, 0.717) is 0 Å². The smallest absolute Gasteiger partial charge is 0.333 e. The van der Waals surface area contributed by atoms with Gasteiger partial charge in [0.15, 0.2) is 0 Å². The third-order valence-electron chi connectivity index (χ3n) is 19.2. The van der Waals surface area contributed by atoms with Crippen molar-refractivity contribution in [2.24, 2.45) is 0 Å². The maximum atomic E-state index is 7.11. The molecule has 0 spiro atoms. The van der Waals surface area contributed by atoms with Crippen molar-refractivity contribution in [2.45, 2.75) is 96.8 Å². The van der Waals surface area contributed by atoms with Crippen molar-refractivity contribution in [1.82, 2.24) is 0 Å². The molecule has 3 aliphatic heterocycles. The molecule has 0 radical (unpaired) electrons. The maximum Gasteiger partial charge on any atom is 0.333 e. The van der Waals surface area contributed by atoms with Crippen molar-refractivity contribution < 1.29 is 4.74 Å². The molecule has 5 aliphatic rings. The fraction of sp³-hybridized carbons (Fsp3) is 0.200. The largest absolute Gasteiger partial charge is 0.457 e. The minimum Gasteiger partial charge on any atom is -0.457 e. The minimum absolute atomic E-state index is 0.0194. The first-order chi connectivity index (χ1) is 38.6. The number of hydrogen-bond acceptors (Lipinski definition) is 4. The van der Waals surface area contributed by atoms with Gasteiger partial charge in [-0.2, -0.15) is 0 Å². The summed E-state index contributed by atoms with van der Waals surface area (Å²) in [5.41, 5.74) is 27.9. The Balaban J connectivity index is 1.09. The van der Waals surface area contributed by atoms with Crippen LogP contribution in [0.4, 0.5) is 45.5 Å². The van der Waals surface area contributed by atoms with E-state index < -0.39 is 0 Å². The van der Waals surface area contributed by atoms with Gasteiger partial charge in [0.1, 0.15) is 11.5 Å². The molecule has 390 valence electrons. The minimum atomic E-state index is -0.354. The van der Waals surface area contributed by atoms with Gasteiger partial charge in [-0.25, -0.2) is 0 Å².